The fraction of sp³-hybridized carbons (Fsp3) is 0.471. The van der Waals surface area contributed by atoms with Crippen LogP contribution in [0.5, 0.6) is 0 Å². The molecule has 2 aliphatic rings. The highest BCUT2D eigenvalue weighted by molar-refractivity contribution is 7.96. The van der Waals surface area contributed by atoms with Crippen LogP contribution < -0.4 is 0 Å². The smallest absolute Gasteiger partial charge is 0.267 e. The van der Waals surface area contributed by atoms with E-state index in [0.29, 0.717) is 5.25 Å². The van der Waals surface area contributed by atoms with E-state index in [9.17, 15) is 4.79 Å². The maximum atomic E-state index is 12.0. The van der Waals surface area contributed by atoms with E-state index >= 15 is 0 Å². The minimum absolute atomic E-state index is 0.0843. The van der Waals surface area contributed by atoms with Crippen molar-refractivity contribution in [1.29, 1.82) is 0 Å². The molecule has 1 aromatic rings. The first kappa shape index (κ1) is 14.5. The number of amides is 1. The highest BCUT2D eigenvalue weighted by Gasteiger charge is 2.27. The van der Waals surface area contributed by atoms with Crippen LogP contribution >= 0.6 is 0 Å². The van der Waals surface area contributed by atoms with Crippen molar-refractivity contribution in [3.05, 3.63) is 47.7 Å². The van der Waals surface area contributed by atoms with E-state index in [1.54, 1.807) is 6.08 Å². The van der Waals surface area contributed by atoms with Crippen molar-refractivity contribution in [2.45, 2.75) is 50.0 Å². The number of hydrogen-bond acceptors (Lipinski definition) is 2. The summed E-state index contributed by atoms with van der Waals surface area (Å²) in [5.74, 6) is 0.731. The molecule has 1 saturated carbocycles. The summed E-state index contributed by atoms with van der Waals surface area (Å²) in [5, 5.41) is 0.471. The third kappa shape index (κ3) is 3.26. The largest absolute Gasteiger partial charge is 0.278 e. The van der Waals surface area contributed by atoms with Crippen molar-refractivity contribution in [2.24, 2.45) is 8.73 Å². The van der Waals surface area contributed by atoms with Gasteiger partial charge in [0.1, 0.15) is 0 Å². The Bertz CT molecular complexity index is 676. The SMILES string of the molecule is CC1=CC(=O)N=S(Cc2ccccc2)(C2CCCCC2)=N1. The first-order valence-electron chi connectivity index (χ1n) is 7.70. The van der Waals surface area contributed by atoms with Crippen LogP contribution in [-0.2, 0) is 20.2 Å². The van der Waals surface area contributed by atoms with Gasteiger partial charge in [-0.25, -0.2) is 4.36 Å². The van der Waals surface area contributed by atoms with E-state index in [1.165, 1.54) is 24.8 Å². The zero-order valence-electron chi connectivity index (χ0n) is 12.5. The maximum absolute atomic E-state index is 12.0. The number of nitrogens with zero attached hydrogens (tertiary/aromatic N) is 2. The van der Waals surface area contributed by atoms with Crippen molar-refractivity contribution < 1.29 is 4.79 Å². The Labute approximate surface area is 127 Å². The van der Waals surface area contributed by atoms with Gasteiger partial charge in [0.25, 0.3) is 5.91 Å². The van der Waals surface area contributed by atoms with Gasteiger partial charge in [-0.05, 0) is 34.9 Å². The zero-order valence-corrected chi connectivity index (χ0v) is 13.3. The number of benzene rings is 1. The molecule has 4 heteroatoms. The molecule has 1 atom stereocenters. The van der Waals surface area contributed by atoms with E-state index in [1.807, 2.05) is 13.0 Å². The molecule has 0 bridgehead atoms. The van der Waals surface area contributed by atoms with Crippen molar-refractivity contribution in [2.75, 3.05) is 0 Å². The van der Waals surface area contributed by atoms with Gasteiger partial charge in [0.2, 0.25) is 0 Å². The van der Waals surface area contributed by atoms with Crippen LogP contribution in [0, 0.1) is 0 Å². The van der Waals surface area contributed by atoms with E-state index in [2.05, 4.69) is 28.6 Å². The molecule has 21 heavy (non-hydrogen) atoms. The van der Waals surface area contributed by atoms with Crippen molar-refractivity contribution in [1.82, 2.24) is 0 Å². The average molecular weight is 302 g/mol. The van der Waals surface area contributed by atoms with Crippen molar-refractivity contribution >= 4 is 15.5 Å². The molecule has 0 saturated heterocycles. The number of hydrogen-bond donors (Lipinski definition) is 0. The molecule has 0 N–H and O–H groups in total. The van der Waals surface area contributed by atoms with Crippen LogP contribution in [0.25, 0.3) is 0 Å². The van der Waals surface area contributed by atoms with Crippen LogP contribution in [0.2, 0.25) is 0 Å². The topological polar surface area (TPSA) is 41.8 Å². The van der Waals surface area contributed by atoms with Crippen LogP contribution in [0.1, 0.15) is 44.6 Å². The molecule has 0 radical (unpaired) electrons. The van der Waals surface area contributed by atoms with Crippen LogP contribution in [0.15, 0.2) is 50.8 Å². The lowest BCUT2D eigenvalue weighted by Crippen LogP contribution is -2.27. The van der Waals surface area contributed by atoms with Gasteiger partial charge in [-0.3, -0.25) is 4.79 Å². The fourth-order valence-electron chi connectivity index (χ4n) is 3.25. The second-order valence-electron chi connectivity index (χ2n) is 5.91. The molecule has 1 aromatic carbocycles. The lowest BCUT2D eigenvalue weighted by atomic mass is 10.0. The average Bonchev–Trinajstić information content (AvgIpc) is 2.48. The summed E-state index contributed by atoms with van der Waals surface area (Å²) in [7, 11) is -1.62. The Morgan fingerprint density at radius 3 is 2.48 bits per heavy atom. The van der Waals surface area contributed by atoms with Crippen molar-refractivity contribution in [3.63, 3.8) is 0 Å². The predicted molar refractivity (Wildman–Crippen MR) is 88.0 cm³/mol. The van der Waals surface area contributed by atoms with Crippen LogP contribution in [0.4, 0.5) is 0 Å². The second-order valence-corrected chi connectivity index (χ2v) is 8.67. The Morgan fingerprint density at radius 1 is 1.10 bits per heavy atom. The minimum Gasteiger partial charge on any atom is -0.267 e. The third-order valence-electron chi connectivity index (χ3n) is 4.19. The second kappa shape index (κ2) is 6.14. The highest BCUT2D eigenvalue weighted by Crippen LogP contribution is 2.32. The van der Waals surface area contributed by atoms with Crippen LogP contribution in [0.3, 0.4) is 0 Å². The quantitative estimate of drug-likeness (QED) is 0.811. The summed E-state index contributed by atoms with van der Waals surface area (Å²) in [6.45, 7) is 1.93. The first-order valence-corrected chi connectivity index (χ1v) is 9.48. The van der Waals surface area contributed by atoms with E-state index < -0.39 is 9.62 Å². The molecular formula is C17H22N2OS. The zero-order chi connectivity index (χ0) is 14.7. The molecule has 0 aromatic heterocycles. The van der Waals surface area contributed by atoms with Gasteiger partial charge >= 0.3 is 0 Å². The van der Waals surface area contributed by atoms with Gasteiger partial charge in [0.05, 0.1) is 5.70 Å². The van der Waals surface area contributed by atoms with Gasteiger partial charge in [-0.1, -0.05) is 49.6 Å². The first-order chi connectivity index (χ1) is 10.2. The van der Waals surface area contributed by atoms with Gasteiger partial charge < -0.3 is 0 Å². The molecule has 3 rings (SSSR count). The van der Waals surface area contributed by atoms with Crippen molar-refractivity contribution in [3.8, 4) is 0 Å². The molecule has 1 amide bonds. The van der Waals surface area contributed by atoms with E-state index in [4.69, 9.17) is 4.36 Å². The third-order valence-corrected chi connectivity index (χ3v) is 7.59. The lowest BCUT2D eigenvalue weighted by Gasteiger charge is -2.30. The minimum atomic E-state index is -1.62. The molecule has 1 heterocycles. The van der Waals surface area contributed by atoms with Gasteiger partial charge in [-0.2, -0.15) is 4.36 Å². The molecule has 1 aliphatic heterocycles. The molecule has 1 aliphatic carbocycles. The number of rotatable bonds is 3. The summed E-state index contributed by atoms with van der Waals surface area (Å²) in [4.78, 5) is 12.0. The predicted octanol–water partition coefficient (Wildman–Crippen LogP) is 4.48. The Morgan fingerprint density at radius 2 is 1.81 bits per heavy atom. The van der Waals surface area contributed by atoms with Gasteiger partial charge in [0.15, 0.2) is 0 Å². The fourth-order valence-corrected chi connectivity index (χ4v) is 6.64. The molecular weight excluding hydrogens is 280 g/mol. The number of allylic oxidation sites excluding steroid dienone is 1. The molecule has 3 nitrogen and oxygen atoms in total. The van der Waals surface area contributed by atoms with Gasteiger partial charge in [0, 0.05) is 17.1 Å². The summed E-state index contributed by atoms with van der Waals surface area (Å²) in [6.07, 6.45) is 7.69. The Hall–Kier alpha value is -1.42. The summed E-state index contributed by atoms with van der Waals surface area (Å²) < 4.78 is 9.52. The molecule has 1 unspecified atom stereocenters. The maximum Gasteiger partial charge on any atom is 0.278 e. The Balaban J connectivity index is 2.05. The lowest BCUT2D eigenvalue weighted by molar-refractivity contribution is -0.113. The van der Waals surface area contributed by atoms with E-state index in [-0.39, 0.29) is 5.91 Å². The number of carbonyl (C=O) groups is 1. The summed E-state index contributed by atoms with van der Waals surface area (Å²) >= 11 is 0. The highest BCUT2D eigenvalue weighted by atomic mass is 32.2. The number of carbonyl (C=O) groups excluding carboxylic acids is 1. The summed E-state index contributed by atoms with van der Waals surface area (Å²) in [5.41, 5.74) is 2.10. The van der Waals surface area contributed by atoms with E-state index in [0.717, 1.165) is 24.3 Å². The molecule has 0 spiro atoms. The normalized spacial score (nSPS) is 26.7. The Kier molecular flexibility index (Phi) is 4.24. The summed E-state index contributed by atoms with van der Waals surface area (Å²) in [6, 6.07) is 10.4. The molecule has 1 fully saturated rings. The van der Waals surface area contributed by atoms with Crippen LogP contribution in [-0.4, -0.2) is 11.2 Å². The van der Waals surface area contributed by atoms with Gasteiger partial charge in [-0.15, -0.1) is 0 Å². The molecule has 112 valence electrons. The standard InChI is InChI=1S/C17H22N2OS/c1-14-12-17(20)19-21(18-14,16-10-6-3-7-11-16)13-15-8-4-2-5-9-15/h2,4-5,8-9,12,16H,3,6-7,10-11,13H2,1H3. The monoisotopic (exact) mass is 302 g/mol.